The van der Waals surface area contributed by atoms with Crippen molar-refractivity contribution >= 4 is 5.69 Å². The maximum Gasteiger partial charge on any atom is 0.0550 e. The summed E-state index contributed by atoms with van der Waals surface area (Å²) in [7, 11) is 4.12. The number of pyridine rings is 1. The molecule has 15 heavy (non-hydrogen) atoms. The minimum absolute atomic E-state index is 0.693. The molecule has 2 rings (SSSR count). The van der Waals surface area contributed by atoms with Crippen LogP contribution >= 0.6 is 0 Å². The van der Waals surface area contributed by atoms with Crippen LogP contribution in [0.5, 0.6) is 0 Å². The molecule has 0 amide bonds. The van der Waals surface area contributed by atoms with E-state index in [2.05, 4.69) is 35.4 Å². The van der Waals surface area contributed by atoms with Gasteiger partial charge in [0.1, 0.15) is 0 Å². The summed E-state index contributed by atoms with van der Waals surface area (Å²) in [5.41, 5.74) is 2.59. The van der Waals surface area contributed by atoms with E-state index in [0.29, 0.717) is 5.92 Å². The third-order valence-corrected chi connectivity index (χ3v) is 3.07. The van der Waals surface area contributed by atoms with Gasteiger partial charge in [0.05, 0.1) is 11.9 Å². The molecular formula is C12H19N3. The highest BCUT2D eigenvalue weighted by molar-refractivity contribution is 5.45. The Morgan fingerprint density at radius 3 is 2.67 bits per heavy atom. The van der Waals surface area contributed by atoms with Gasteiger partial charge in [0.25, 0.3) is 0 Å². The van der Waals surface area contributed by atoms with Crippen molar-refractivity contribution in [1.29, 1.82) is 0 Å². The van der Waals surface area contributed by atoms with E-state index < -0.39 is 0 Å². The largest absolute Gasteiger partial charge is 0.376 e. The first-order valence-electron chi connectivity index (χ1n) is 5.60. The van der Waals surface area contributed by atoms with Gasteiger partial charge in [-0.2, -0.15) is 0 Å². The molecule has 0 bridgehead atoms. The van der Waals surface area contributed by atoms with Crippen molar-refractivity contribution < 1.29 is 0 Å². The lowest BCUT2D eigenvalue weighted by Crippen LogP contribution is -2.26. The lowest BCUT2D eigenvalue weighted by Gasteiger charge is -2.23. The Hall–Kier alpha value is -1.09. The fourth-order valence-corrected chi connectivity index (χ4v) is 2.07. The lowest BCUT2D eigenvalue weighted by atomic mass is 9.91. The smallest absolute Gasteiger partial charge is 0.0550 e. The number of anilines is 1. The van der Waals surface area contributed by atoms with E-state index in [9.17, 15) is 0 Å². The van der Waals surface area contributed by atoms with Crippen molar-refractivity contribution in [2.24, 2.45) is 0 Å². The molecule has 0 aromatic carbocycles. The molecule has 1 aromatic rings. The van der Waals surface area contributed by atoms with Crippen LogP contribution in [0.2, 0.25) is 0 Å². The second-order valence-corrected chi connectivity index (χ2v) is 4.40. The van der Waals surface area contributed by atoms with Gasteiger partial charge in [-0.1, -0.05) is 0 Å². The van der Waals surface area contributed by atoms with E-state index in [0.717, 1.165) is 13.1 Å². The van der Waals surface area contributed by atoms with Crippen LogP contribution in [0.25, 0.3) is 0 Å². The van der Waals surface area contributed by atoms with Gasteiger partial charge in [-0.3, -0.25) is 4.98 Å². The summed E-state index contributed by atoms with van der Waals surface area (Å²) in [5.74, 6) is 0.693. The van der Waals surface area contributed by atoms with Crippen molar-refractivity contribution in [2.45, 2.75) is 18.8 Å². The number of nitrogens with zero attached hydrogens (tertiary/aromatic N) is 2. The Labute approximate surface area is 91.5 Å². The summed E-state index contributed by atoms with van der Waals surface area (Å²) in [4.78, 5) is 6.43. The Bertz CT molecular complexity index is 316. The fourth-order valence-electron chi connectivity index (χ4n) is 2.07. The van der Waals surface area contributed by atoms with Crippen molar-refractivity contribution in [3.63, 3.8) is 0 Å². The van der Waals surface area contributed by atoms with E-state index in [-0.39, 0.29) is 0 Å². The normalized spacial score (nSPS) is 17.7. The van der Waals surface area contributed by atoms with Crippen LogP contribution in [-0.4, -0.2) is 32.2 Å². The first-order valence-corrected chi connectivity index (χ1v) is 5.60. The molecule has 0 atom stereocenters. The number of piperidine rings is 1. The van der Waals surface area contributed by atoms with Gasteiger partial charge in [-0.15, -0.1) is 0 Å². The van der Waals surface area contributed by atoms with Gasteiger partial charge in [-0.25, -0.2) is 0 Å². The predicted octanol–water partition coefficient (Wildman–Crippen LogP) is 1.61. The van der Waals surface area contributed by atoms with Gasteiger partial charge in [0.15, 0.2) is 0 Å². The van der Waals surface area contributed by atoms with Crippen LogP contribution in [0, 0.1) is 0 Å². The molecular weight excluding hydrogens is 186 g/mol. The maximum atomic E-state index is 4.32. The Morgan fingerprint density at radius 2 is 2.00 bits per heavy atom. The van der Waals surface area contributed by atoms with Gasteiger partial charge < -0.3 is 10.2 Å². The molecule has 1 fully saturated rings. The van der Waals surface area contributed by atoms with Crippen LogP contribution in [-0.2, 0) is 0 Å². The van der Waals surface area contributed by atoms with Gasteiger partial charge in [-0.05, 0) is 43.5 Å². The third kappa shape index (κ3) is 2.48. The van der Waals surface area contributed by atoms with Crippen LogP contribution < -0.4 is 10.2 Å². The van der Waals surface area contributed by atoms with Gasteiger partial charge >= 0.3 is 0 Å². The van der Waals surface area contributed by atoms with Gasteiger partial charge in [0.2, 0.25) is 0 Å². The van der Waals surface area contributed by atoms with Crippen molar-refractivity contribution in [3.05, 3.63) is 24.0 Å². The molecule has 1 saturated heterocycles. The summed E-state index contributed by atoms with van der Waals surface area (Å²) in [6.45, 7) is 2.27. The number of hydrogen-bond donors (Lipinski definition) is 1. The first-order chi connectivity index (χ1) is 7.27. The summed E-state index contributed by atoms with van der Waals surface area (Å²) >= 11 is 0. The second-order valence-electron chi connectivity index (χ2n) is 4.40. The fraction of sp³-hybridized carbons (Fsp3) is 0.583. The SMILES string of the molecule is CN(C)c1cncc(C2CCNCC2)c1. The van der Waals surface area contributed by atoms with E-state index in [1.807, 2.05) is 12.4 Å². The van der Waals surface area contributed by atoms with Crippen molar-refractivity contribution in [3.8, 4) is 0 Å². The monoisotopic (exact) mass is 205 g/mol. The third-order valence-electron chi connectivity index (χ3n) is 3.07. The molecule has 0 saturated carbocycles. The molecule has 1 aliphatic rings. The lowest BCUT2D eigenvalue weighted by molar-refractivity contribution is 0.459. The number of aromatic nitrogens is 1. The summed E-state index contributed by atoms with van der Waals surface area (Å²) in [6.07, 6.45) is 6.41. The molecule has 3 heteroatoms. The number of rotatable bonds is 2. The average Bonchev–Trinajstić information content (AvgIpc) is 2.30. The molecule has 0 radical (unpaired) electrons. The van der Waals surface area contributed by atoms with E-state index in [4.69, 9.17) is 0 Å². The number of nitrogens with one attached hydrogen (secondary N) is 1. The molecule has 3 nitrogen and oxygen atoms in total. The molecule has 0 aliphatic carbocycles. The average molecular weight is 205 g/mol. The Kier molecular flexibility index (Phi) is 3.21. The van der Waals surface area contributed by atoms with Crippen molar-refractivity contribution in [1.82, 2.24) is 10.3 Å². The molecule has 2 heterocycles. The molecule has 1 aromatic heterocycles. The molecule has 82 valence electrons. The maximum absolute atomic E-state index is 4.32. The second kappa shape index (κ2) is 4.62. The van der Waals surface area contributed by atoms with E-state index >= 15 is 0 Å². The Morgan fingerprint density at radius 1 is 1.27 bits per heavy atom. The topological polar surface area (TPSA) is 28.2 Å². The summed E-state index contributed by atoms with van der Waals surface area (Å²) < 4.78 is 0. The van der Waals surface area contributed by atoms with Crippen LogP contribution in [0.4, 0.5) is 5.69 Å². The zero-order chi connectivity index (χ0) is 10.7. The Balaban J connectivity index is 2.16. The molecule has 1 aliphatic heterocycles. The molecule has 1 N–H and O–H groups in total. The van der Waals surface area contributed by atoms with Crippen LogP contribution in [0.1, 0.15) is 24.3 Å². The van der Waals surface area contributed by atoms with Crippen LogP contribution in [0.3, 0.4) is 0 Å². The minimum Gasteiger partial charge on any atom is -0.376 e. The summed E-state index contributed by atoms with van der Waals surface area (Å²) in [5, 5.41) is 3.39. The first kappa shape index (κ1) is 10.4. The molecule has 0 spiro atoms. The highest BCUT2D eigenvalue weighted by Crippen LogP contribution is 2.26. The van der Waals surface area contributed by atoms with E-state index in [1.165, 1.54) is 24.1 Å². The highest BCUT2D eigenvalue weighted by Gasteiger charge is 2.15. The quantitative estimate of drug-likeness (QED) is 0.795. The molecule has 0 unspecified atom stereocenters. The minimum atomic E-state index is 0.693. The predicted molar refractivity (Wildman–Crippen MR) is 63.4 cm³/mol. The standard InChI is InChI=1S/C12H19N3/c1-15(2)12-7-11(8-14-9-12)10-3-5-13-6-4-10/h7-10,13H,3-6H2,1-2H3. The zero-order valence-electron chi connectivity index (χ0n) is 9.53. The number of hydrogen-bond acceptors (Lipinski definition) is 3. The van der Waals surface area contributed by atoms with E-state index in [1.54, 1.807) is 0 Å². The van der Waals surface area contributed by atoms with Crippen molar-refractivity contribution in [2.75, 3.05) is 32.1 Å². The van der Waals surface area contributed by atoms with Gasteiger partial charge in [0, 0.05) is 20.3 Å². The summed E-state index contributed by atoms with van der Waals surface area (Å²) in [6, 6.07) is 2.27. The van der Waals surface area contributed by atoms with Crippen LogP contribution in [0.15, 0.2) is 18.5 Å². The highest BCUT2D eigenvalue weighted by atomic mass is 15.1. The zero-order valence-corrected chi connectivity index (χ0v) is 9.53.